The first-order valence-electron chi connectivity index (χ1n) is 12.7. The van der Waals surface area contributed by atoms with Crippen LogP contribution in [-0.4, -0.2) is 35.6 Å². The van der Waals surface area contributed by atoms with Gasteiger partial charge in [0.2, 0.25) is 11.8 Å². The Labute approximate surface area is 234 Å². The zero-order valence-corrected chi connectivity index (χ0v) is 22.1. The molecule has 0 radical (unpaired) electrons. The van der Waals surface area contributed by atoms with Gasteiger partial charge in [0.05, 0.1) is 34.6 Å². The van der Waals surface area contributed by atoms with Crippen LogP contribution < -0.4 is 4.74 Å². The molecule has 0 fully saturated rings. The Kier molecular flexibility index (Phi) is 5.98. The summed E-state index contributed by atoms with van der Waals surface area (Å²) in [6, 6.07) is 27.4. The number of para-hydroxylation sites is 1. The van der Waals surface area contributed by atoms with Crippen molar-refractivity contribution in [3.05, 3.63) is 130 Å². The summed E-state index contributed by atoms with van der Waals surface area (Å²) in [6.07, 6.45) is 3.25. The fourth-order valence-corrected chi connectivity index (χ4v) is 5.07. The van der Waals surface area contributed by atoms with E-state index in [0.717, 1.165) is 33.6 Å². The molecule has 3 aromatic heterocycles. The van der Waals surface area contributed by atoms with Crippen LogP contribution in [0.1, 0.15) is 39.7 Å². The lowest BCUT2D eigenvalue weighted by molar-refractivity contribution is 0.126. The second kappa shape index (κ2) is 9.94. The minimum absolute atomic E-state index is 0.0997. The van der Waals surface area contributed by atoms with E-state index in [1.807, 2.05) is 96.5 Å². The van der Waals surface area contributed by atoms with Crippen molar-refractivity contribution in [1.82, 2.24) is 29.4 Å². The SMILES string of the molecule is Cc1nn(-c2ccccc2)c2c1C(c1ccc(Cl)cc1)c1c(ncn3nc(CO/N=C\c4ccccc4)nc13)O2. The smallest absolute Gasteiger partial charge is 0.230 e. The van der Waals surface area contributed by atoms with Crippen LogP contribution in [0.4, 0.5) is 0 Å². The van der Waals surface area contributed by atoms with Gasteiger partial charge in [-0.25, -0.2) is 19.2 Å². The van der Waals surface area contributed by atoms with Crippen molar-refractivity contribution < 1.29 is 9.57 Å². The summed E-state index contributed by atoms with van der Waals surface area (Å²) in [7, 11) is 0. The van der Waals surface area contributed by atoms with Gasteiger partial charge in [-0.05, 0) is 42.3 Å². The number of oxime groups is 1. The van der Waals surface area contributed by atoms with Gasteiger partial charge < -0.3 is 9.57 Å². The van der Waals surface area contributed by atoms with Crippen LogP contribution >= 0.6 is 11.6 Å². The lowest BCUT2D eigenvalue weighted by Crippen LogP contribution is -2.16. The molecule has 1 aliphatic heterocycles. The van der Waals surface area contributed by atoms with Crippen LogP contribution in [0.3, 0.4) is 0 Å². The molecule has 7 rings (SSSR count). The highest BCUT2D eigenvalue weighted by Crippen LogP contribution is 2.49. The molecule has 9 nitrogen and oxygen atoms in total. The Hall–Kier alpha value is -5.02. The van der Waals surface area contributed by atoms with Crippen molar-refractivity contribution in [2.75, 3.05) is 0 Å². The van der Waals surface area contributed by atoms with E-state index in [0.29, 0.717) is 28.3 Å². The van der Waals surface area contributed by atoms with Crippen LogP contribution in [0.25, 0.3) is 11.3 Å². The third-order valence-electron chi connectivity index (χ3n) is 6.74. The van der Waals surface area contributed by atoms with E-state index in [9.17, 15) is 0 Å². The zero-order valence-electron chi connectivity index (χ0n) is 21.3. The average Bonchev–Trinajstić information content (AvgIpc) is 3.56. The quantitative estimate of drug-likeness (QED) is 0.184. The van der Waals surface area contributed by atoms with Gasteiger partial charge in [-0.1, -0.05) is 77.4 Å². The van der Waals surface area contributed by atoms with Crippen LogP contribution in [0.15, 0.2) is 96.4 Å². The van der Waals surface area contributed by atoms with E-state index in [1.54, 1.807) is 17.1 Å². The Morgan fingerprint density at radius 1 is 0.950 bits per heavy atom. The van der Waals surface area contributed by atoms with Gasteiger partial charge in [-0.3, -0.25) is 0 Å². The highest BCUT2D eigenvalue weighted by atomic mass is 35.5. The number of halogens is 1. The van der Waals surface area contributed by atoms with E-state index < -0.39 is 0 Å². The number of aromatic nitrogens is 6. The fourth-order valence-electron chi connectivity index (χ4n) is 4.95. The number of aryl methyl sites for hydroxylation is 1. The van der Waals surface area contributed by atoms with Crippen molar-refractivity contribution in [3.8, 4) is 17.4 Å². The number of hydrogen-bond acceptors (Lipinski definition) is 7. The van der Waals surface area contributed by atoms with Gasteiger partial charge in [0.25, 0.3) is 0 Å². The Morgan fingerprint density at radius 2 is 1.70 bits per heavy atom. The largest absolute Gasteiger partial charge is 0.420 e. The first-order chi connectivity index (χ1) is 19.7. The van der Waals surface area contributed by atoms with Crippen molar-refractivity contribution in [2.45, 2.75) is 19.4 Å². The van der Waals surface area contributed by atoms with Crippen molar-refractivity contribution in [2.24, 2.45) is 5.16 Å². The fraction of sp³-hybridized carbons (Fsp3) is 0.100. The summed E-state index contributed by atoms with van der Waals surface area (Å²) in [4.78, 5) is 14.9. The second-order valence-corrected chi connectivity index (χ2v) is 9.75. The van der Waals surface area contributed by atoms with E-state index in [1.165, 1.54) is 0 Å². The molecule has 0 saturated heterocycles. The minimum atomic E-state index is -0.265. The second-order valence-electron chi connectivity index (χ2n) is 9.32. The number of ether oxygens (including phenoxy) is 1. The number of hydrogen-bond donors (Lipinski definition) is 0. The Morgan fingerprint density at radius 3 is 2.48 bits per heavy atom. The molecular formula is C30H22ClN7O2. The van der Waals surface area contributed by atoms with E-state index >= 15 is 0 Å². The maximum absolute atomic E-state index is 6.45. The summed E-state index contributed by atoms with van der Waals surface area (Å²) in [5, 5.41) is 14.2. The van der Waals surface area contributed by atoms with Crippen LogP contribution in [-0.2, 0) is 11.4 Å². The summed E-state index contributed by atoms with van der Waals surface area (Å²) < 4.78 is 9.91. The van der Waals surface area contributed by atoms with Gasteiger partial charge in [0.15, 0.2) is 18.1 Å². The van der Waals surface area contributed by atoms with Crippen LogP contribution in [0.2, 0.25) is 5.02 Å². The lowest BCUT2D eigenvalue weighted by atomic mass is 9.84. The molecule has 0 saturated carbocycles. The molecule has 0 N–H and O–H groups in total. The number of fused-ring (bicyclic) bond motifs is 4. The molecular weight excluding hydrogens is 526 g/mol. The minimum Gasteiger partial charge on any atom is -0.420 e. The normalized spacial score (nSPS) is 14.2. The van der Waals surface area contributed by atoms with Gasteiger partial charge in [0.1, 0.15) is 6.33 Å². The van der Waals surface area contributed by atoms with Crippen molar-refractivity contribution in [3.63, 3.8) is 0 Å². The molecule has 1 unspecified atom stereocenters. The number of rotatable bonds is 6. The molecule has 6 aromatic rings. The molecule has 10 heteroatoms. The molecule has 4 heterocycles. The third kappa shape index (κ3) is 4.26. The highest BCUT2D eigenvalue weighted by molar-refractivity contribution is 6.30. The summed E-state index contributed by atoms with van der Waals surface area (Å²) in [5.41, 5.74) is 6.02. The molecule has 1 atom stereocenters. The summed E-state index contributed by atoms with van der Waals surface area (Å²) in [6.45, 7) is 2.08. The molecule has 196 valence electrons. The Balaban J connectivity index is 1.31. The summed E-state index contributed by atoms with van der Waals surface area (Å²) >= 11 is 6.26. The molecule has 0 spiro atoms. The van der Waals surface area contributed by atoms with Gasteiger partial charge in [-0.2, -0.15) is 5.10 Å². The molecule has 1 aliphatic rings. The van der Waals surface area contributed by atoms with Crippen molar-refractivity contribution in [1.29, 1.82) is 0 Å². The maximum atomic E-state index is 6.45. The van der Waals surface area contributed by atoms with Gasteiger partial charge in [0, 0.05) is 5.02 Å². The monoisotopic (exact) mass is 547 g/mol. The van der Waals surface area contributed by atoms with Gasteiger partial charge >= 0.3 is 0 Å². The van der Waals surface area contributed by atoms with E-state index in [2.05, 4.69) is 15.2 Å². The lowest BCUT2D eigenvalue weighted by Gasteiger charge is -2.26. The van der Waals surface area contributed by atoms with Gasteiger partial charge in [-0.15, -0.1) is 5.10 Å². The Bertz CT molecular complexity index is 1850. The first kappa shape index (κ1) is 24.1. The number of nitrogens with zero attached hydrogens (tertiary/aromatic N) is 7. The zero-order chi connectivity index (χ0) is 27.1. The standard InChI is InChI=1S/C30H22ClN7O2/c1-19-25-26(21-12-14-22(31)15-13-21)27-28-34-24(17-39-33-16-20-8-4-2-5-9-20)36-37(28)18-32-29(27)40-30(25)38(35-19)23-10-6-3-7-11-23/h2-16,18,26H,17H2,1H3/b33-16-. The van der Waals surface area contributed by atoms with Crippen molar-refractivity contribution >= 4 is 23.5 Å². The molecule has 0 amide bonds. The number of benzene rings is 3. The predicted octanol–water partition coefficient (Wildman–Crippen LogP) is 6.11. The van der Waals surface area contributed by atoms with E-state index in [-0.39, 0.29) is 12.5 Å². The predicted molar refractivity (Wildman–Crippen MR) is 150 cm³/mol. The van der Waals surface area contributed by atoms with Crippen LogP contribution in [0.5, 0.6) is 11.8 Å². The molecule has 40 heavy (non-hydrogen) atoms. The maximum Gasteiger partial charge on any atom is 0.230 e. The topological polar surface area (TPSA) is 91.7 Å². The third-order valence-corrected chi connectivity index (χ3v) is 6.99. The highest BCUT2D eigenvalue weighted by Gasteiger charge is 2.38. The van der Waals surface area contributed by atoms with Crippen LogP contribution in [0, 0.1) is 6.92 Å². The molecule has 0 bridgehead atoms. The first-order valence-corrected chi connectivity index (χ1v) is 13.1. The summed E-state index contributed by atoms with van der Waals surface area (Å²) in [5.74, 6) is 1.27. The molecule has 3 aromatic carbocycles. The average molecular weight is 548 g/mol. The van der Waals surface area contributed by atoms with E-state index in [4.69, 9.17) is 31.3 Å². The molecule has 0 aliphatic carbocycles.